The lowest BCUT2D eigenvalue weighted by Crippen LogP contribution is -2.17. The second kappa shape index (κ2) is 11.2. The van der Waals surface area contributed by atoms with Crippen LogP contribution in [0.4, 0.5) is 19.0 Å². The van der Waals surface area contributed by atoms with E-state index >= 15 is 0 Å². The van der Waals surface area contributed by atoms with Gasteiger partial charge in [-0.2, -0.15) is 13.2 Å². The van der Waals surface area contributed by atoms with Gasteiger partial charge in [-0.1, -0.05) is 61.5 Å². The molecule has 0 atom stereocenters. The molecule has 1 amide bonds. The molecule has 0 aliphatic rings. The predicted molar refractivity (Wildman–Crippen MR) is 141 cm³/mol. The Labute approximate surface area is 223 Å². The Morgan fingerprint density at radius 2 is 1.49 bits per heavy atom. The van der Waals surface area contributed by atoms with Crippen LogP contribution in [0.25, 0.3) is 11.1 Å². The smallest absolute Gasteiger partial charge is 0.310 e. The number of hydrogen-bond donors (Lipinski definition) is 1. The molecule has 1 N–H and O–H groups in total. The number of ketones is 1. The molecular formula is C29H23F3N2O4S. The third-order valence-corrected chi connectivity index (χ3v) is 7.71. The van der Waals surface area contributed by atoms with Crippen molar-refractivity contribution < 1.29 is 31.2 Å². The standard InChI is InChI=1S/C29H23F3N2O4S/c1-2-39(37,38)23-14-8-19(9-15-23)18-26(35)33-25-17-16-24(20-10-12-22(13-11-20)29(30,31)32)27(34-25)28(36)21-6-4-3-5-7-21/h3-17H,2,18H2,1H3,(H,33,34,35). The van der Waals surface area contributed by atoms with Gasteiger partial charge in [-0.15, -0.1) is 0 Å². The zero-order valence-electron chi connectivity index (χ0n) is 20.7. The van der Waals surface area contributed by atoms with E-state index in [1.807, 2.05) is 0 Å². The van der Waals surface area contributed by atoms with Crippen molar-refractivity contribution in [1.82, 2.24) is 4.98 Å². The summed E-state index contributed by atoms with van der Waals surface area (Å²) in [4.78, 5) is 30.5. The van der Waals surface area contributed by atoms with E-state index in [2.05, 4.69) is 10.3 Å². The summed E-state index contributed by atoms with van der Waals surface area (Å²) in [6.45, 7) is 1.54. The molecule has 0 unspecified atom stereocenters. The first-order valence-electron chi connectivity index (χ1n) is 11.9. The summed E-state index contributed by atoms with van der Waals surface area (Å²) < 4.78 is 63.1. The number of carbonyl (C=O) groups excluding carboxylic acids is 2. The molecule has 200 valence electrons. The first-order chi connectivity index (χ1) is 18.5. The maximum absolute atomic E-state index is 13.3. The number of amides is 1. The number of benzene rings is 3. The number of carbonyl (C=O) groups is 2. The zero-order chi connectivity index (χ0) is 28.2. The van der Waals surface area contributed by atoms with Crippen molar-refractivity contribution in [2.45, 2.75) is 24.4 Å². The van der Waals surface area contributed by atoms with Gasteiger partial charge in [0.2, 0.25) is 11.7 Å². The molecule has 0 fully saturated rings. The molecule has 3 aromatic carbocycles. The van der Waals surface area contributed by atoms with E-state index in [-0.39, 0.29) is 28.6 Å². The van der Waals surface area contributed by atoms with Crippen molar-refractivity contribution in [1.29, 1.82) is 0 Å². The maximum atomic E-state index is 13.3. The lowest BCUT2D eigenvalue weighted by atomic mass is 9.97. The summed E-state index contributed by atoms with van der Waals surface area (Å²) in [5.74, 6) is -0.867. The highest BCUT2D eigenvalue weighted by molar-refractivity contribution is 7.91. The van der Waals surface area contributed by atoms with Crippen LogP contribution in [0.5, 0.6) is 0 Å². The monoisotopic (exact) mass is 552 g/mol. The number of pyridine rings is 1. The van der Waals surface area contributed by atoms with E-state index in [4.69, 9.17) is 0 Å². The van der Waals surface area contributed by atoms with E-state index < -0.39 is 33.3 Å². The molecule has 1 aromatic heterocycles. The van der Waals surface area contributed by atoms with E-state index in [1.54, 1.807) is 49.4 Å². The molecule has 10 heteroatoms. The number of rotatable bonds is 8. The van der Waals surface area contributed by atoms with Crippen LogP contribution in [-0.4, -0.2) is 30.8 Å². The third kappa shape index (κ3) is 6.58. The Kier molecular flexibility index (Phi) is 7.96. The number of hydrogen-bond acceptors (Lipinski definition) is 5. The first-order valence-corrected chi connectivity index (χ1v) is 13.5. The number of halogens is 3. The molecule has 0 radical (unpaired) electrons. The van der Waals surface area contributed by atoms with Gasteiger partial charge in [-0.25, -0.2) is 13.4 Å². The van der Waals surface area contributed by atoms with Crippen molar-refractivity contribution in [3.8, 4) is 11.1 Å². The molecule has 0 aliphatic heterocycles. The topological polar surface area (TPSA) is 93.2 Å². The Bertz CT molecular complexity index is 1600. The molecule has 0 saturated heterocycles. The molecule has 0 spiro atoms. The van der Waals surface area contributed by atoms with Crippen molar-refractivity contribution in [3.63, 3.8) is 0 Å². The second-order valence-corrected chi connectivity index (χ2v) is 10.9. The fourth-order valence-corrected chi connectivity index (χ4v) is 4.74. The van der Waals surface area contributed by atoms with Gasteiger partial charge in [-0.05, 0) is 47.5 Å². The molecule has 4 rings (SSSR count). The van der Waals surface area contributed by atoms with Gasteiger partial charge in [-0.3, -0.25) is 9.59 Å². The summed E-state index contributed by atoms with van der Waals surface area (Å²) in [7, 11) is -3.36. The van der Waals surface area contributed by atoms with Crippen LogP contribution in [0.1, 0.15) is 34.1 Å². The number of nitrogens with zero attached hydrogens (tertiary/aromatic N) is 1. The largest absolute Gasteiger partial charge is 0.416 e. The van der Waals surface area contributed by atoms with Crippen LogP contribution in [0.2, 0.25) is 0 Å². The van der Waals surface area contributed by atoms with Gasteiger partial charge >= 0.3 is 6.18 Å². The number of aromatic nitrogens is 1. The third-order valence-electron chi connectivity index (χ3n) is 5.96. The number of alkyl halides is 3. The lowest BCUT2D eigenvalue weighted by molar-refractivity contribution is -0.137. The Balaban J connectivity index is 1.62. The normalized spacial score (nSPS) is 11.7. The molecule has 0 aliphatic carbocycles. The number of anilines is 1. The lowest BCUT2D eigenvalue weighted by Gasteiger charge is -2.13. The van der Waals surface area contributed by atoms with Gasteiger partial charge in [0.1, 0.15) is 11.5 Å². The maximum Gasteiger partial charge on any atom is 0.416 e. The molecular weight excluding hydrogens is 529 g/mol. The van der Waals surface area contributed by atoms with Crippen molar-refractivity contribution in [2.75, 3.05) is 11.1 Å². The van der Waals surface area contributed by atoms with Crippen molar-refractivity contribution >= 4 is 27.3 Å². The minimum Gasteiger partial charge on any atom is -0.310 e. The van der Waals surface area contributed by atoms with Crippen LogP contribution in [-0.2, 0) is 27.2 Å². The minimum absolute atomic E-state index is 0.0344. The first kappa shape index (κ1) is 27.7. The van der Waals surface area contributed by atoms with E-state index in [0.29, 0.717) is 22.3 Å². The van der Waals surface area contributed by atoms with Gasteiger partial charge < -0.3 is 5.32 Å². The Hall–Kier alpha value is -4.31. The Morgan fingerprint density at radius 1 is 0.846 bits per heavy atom. The predicted octanol–water partition coefficient (Wildman–Crippen LogP) is 5.97. The van der Waals surface area contributed by atoms with Gasteiger partial charge in [0.05, 0.1) is 22.6 Å². The highest BCUT2D eigenvalue weighted by Gasteiger charge is 2.30. The van der Waals surface area contributed by atoms with E-state index in [1.165, 1.54) is 36.4 Å². The zero-order valence-corrected chi connectivity index (χ0v) is 21.5. The van der Waals surface area contributed by atoms with Crippen molar-refractivity contribution in [3.05, 3.63) is 113 Å². The van der Waals surface area contributed by atoms with Gasteiger partial charge in [0, 0.05) is 11.1 Å². The number of sulfone groups is 1. The van der Waals surface area contributed by atoms with Crippen LogP contribution in [0.3, 0.4) is 0 Å². The molecule has 0 saturated carbocycles. The summed E-state index contributed by atoms with van der Waals surface area (Å²) >= 11 is 0. The summed E-state index contributed by atoms with van der Waals surface area (Å²) in [6.07, 6.45) is -4.57. The summed E-state index contributed by atoms with van der Waals surface area (Å²) in [5.41, 5.74) is 0.707. The van der Waals surface area contributed by atoms with E-state index in [0.717, 1.165) is 12.1 Å². The average Bonchev–Trinajstić information content (AvgIpc) is 2.93. The molecule has 0 bridgehead atoms. The van der Waals surface area contributed by atoms with Crippen LogP contribution in [0, 0.1) is 0 Å². The molecule has 1 heterocycles. The van der Waals surface area contributed by atoms with Crippen LogP contribution in [0.15, 0.2) is 95.9 Å². The molecule has 39 heavy (non-hydrogen) atoms. The van der Waals surface area contributed by atoms with Gasteiger partial charge in [0.15, 0.2) is 9.84 Å². The number of nitrogens with one attached hydrogen (secondary N) is 1. The molecule has 6 nitrogen and oxygen atoms in total. The quantitative estimate of drug-likeness (QED) is 0.272. The summed E-state index contributed by atoms with van der Waals surface area (Å²) in [5, 5.41) is 2.63. The fourth-order valence-electron chi connectivity index (χ4n) is 3.85. The minimum atomic E-state index is -4.50. The SMILES string of the molecule is CCS(=O)(=O)c1ccc(CC(=O)Nc2ccc(-c3ccc(C(F)(F)F)cc3)c(C(=O)c3ccccc3)n2)cc1. The highest BCUT2D eigenvalue weighted by Crippen LogP contribution is 2.32. The highest BCUT2D eigenvalue weighted by atomic mass is 32.2. The average molecular weight is 553 g/mol. The van der Waals surface area contributed by atoms with Gasteiger partial charge in [0.25, 0.3) is 0 Å². The Morgan fingerprint density at radius 3 is 2.08 bits per heavy atom. The van der Waals surface area contributed by atoms with Crippen LogP contribution < -0.4 is 5.32 Å². The molecule has 4 aromatic rings. The summed E-state index contributed by atoms with van der Waals surface area (Å²) in [6, 6.07) is 21.6. The van der Waals surface area contributed by atoms with Crippen LogP contribution >= 0.6 is 0 Å². The van der Waals surface area contributed by atoms with Crippen molar-refractivity contribution in [2.24, 2.45) is 0 Å². The fraction of sp³-hybridized carbons (Fsp3) is 0.138. The second-order valence-electron chi connectivity index (χ2n) is 8.64. The van der Waals surface area contributed by atoms with E-state index in [9.17, 15) is 31.2 Å².